The molecule has 0 heterocycles. The molecule has 2 aromatic rings. The van der Waals surface area contributed by atoms with Gasteiger partial charge in [0, 0.05) is 17.7 Å². The molecule has 2 nitrogen and oxygen atoms in total. The molecule has 0 aromatic heterocycles. The summed E-state index contributed by atoms with van der Waals surface area (Å²) in [6.45, 7) is -0.571. The molecule has 0 saturated heterocycles. The summed E-state index contributed by atoms with van der Waals surface area (Å²) in [5.41, 5.74) is 0.345. The van der Waals surface area contributed by atoms with Gasteiger partial charge in [-0.2, -0.15) is 8.78 Å². The van der Waals surface area contributed by atoms with E-state index in [4.69, 9.17) is 4.74 Å². The first-order valence-corrected chi connectivity index (χ1v) is 6.53. The second-order valence-corrected chi connectivity index (χ2v) is 4.62. The van der Waals surface area contributed by atoms with Crippen molar-refractivity contribution >= 4 is 0 Å². The zero-order chi connectivity index (χ0) is 15.3. The average Bonchev–Trinajstić information content (AvgIpc) is 2.48. The van der Waals surface area contributed by atoms with Crippen LogP contribution in [0.5, 0.6) is 5.75 Å². The Morgan fingerprint density at radius 2 is 1.76 bits per heavy atom. The van der Waals surface area contributed by atoms with E-state index in [2.05, 4.69) is 5.32 Å². The number of halogens is 3. The van der Waals surface area contributed by atoms with E-state index in [0.717, 1.165) is 0 Å². The van der Waals surface area contributed by atoms with Crippen LogP contribution in [0.1, 0.15) is 11.1 Å². The van der Waals surface area contributed by atoms with Gasteiger partial charge in [-0.15, -0.1) is 0 Å². The zero-order valence-electron chi connectivity index (χ0n) is 11.6. The van der Waals surface area contributed by atoms with Crippen molar-refractivity contribution < 1.29 is 17.9 Å². The number of alkyl halides is 2. The first kappa shape index (κ1) is 15.4. The van der Waals surface area contributed by atoms with Gasteiger partial charge in [-0.3, -0.25) is 0 Å². The molecule has 2 aromatic carbocycles. The third kappa shape index (κ3) is 3.76. The lowest BCUT2D eigenvalue weighted by molar-refractivity contribution is -0.0477. The fourth-order valence-electron chi connectivity index (χ4n) is 1.97. The Kier molecular flexibility index (Phi) is 4.85. The molecule has 0 bridgehead atoms. The van der Waals surface area contributed by atoms with Crippen molar-refractivity contribution in [1.29, 1.82) is 0 Å². The Labute approximate surface area is 121 Å². The van der Waals surface area contributed by atoms with Crippen LogP contribution in [0.4, 0.5) is 13.2 Å². The van der Waals surface area contributed by atoms with Gasteiger partial charge in [0.2, 0.25) is 0 Å². The molecular formula is C16H16F3NO. The van der Waals surface area contributed by atoms with Crippen molar-refractivity contribution in [2.45, 2.75) is 12.5 Å². The van der Waals surface area contributed by atoms with E-state index in [0.29, 0.717) is 12.1 Å². The molecule has 0 saturated carbocycles. The van der Waals surface area contributed by atoms with Crippen LogP contribution in [0.15, 0.2) is 48.5 Å². The van der Waals surface area contributed by atoms with Crippen LogP contribution >= 0.6 is 0 Å². The summed E-state index contributed by atoms with van der Waals surface area (Å²) in [6.07, 6.45) is 0. The molecule has 0 unspecified atom stereocenters. The third-order valence-electron chi connectivity index (χ3n) is 3.01. The van der Waals surface area contributed by atoms with Crippen LogP contribution < -0.4 is 10.1 Å². The first-order chi connectivity index (χ1) is 10.0. The Balaban J connectivity index is 2.16. The summed E-state index contributed by atoms with van der Waals surface area (Å²) >= 11 is 0. The minimum atomic E-state index is -3.18. The SMILES string of the molecule is CNCc1cccc(F)c1OCC(F)(F)c1ccccc1. The summed E-state index contributed by atoms with van der Waals surface area (Å²) in [7, 11) is 1.69. The van der Waals surface area contributed by atoms with Gasteiger partial charge < -0.3 is 10.1 Å². The van der Waals surface area contributed by atoms with Crippen LogP contribution in [-0.2, 0) is 12.5 Å². The van der Waals surface area contributed by atoms with E-state index >= 15 is 0 Å². The quantitative estimate of drug-likeness (QED) is 0.877. The maximum atomic E-state index is 14.0. The van der Waals surface area contributed by atoms with Crippen molar-refractivity contribution in [3.8, 4) is 5.75 Å². The topological polar surface area (TPSA) is 21.3 Å². The van der Waals surface area contributed by atoms with Gasteiger partial charge in [-0.25, -0.2) is 4.39 Å². The van der Waals surface area contributed by atoms with Crippen molar-refractivity contribution in [3.63, 3.8) is 0 Å². The van der Waals surface area contributed by atoms with Crippen molar-refractivity contribution in [3.05, 3.63) is 65.5 Å². The highest BCUT2D eigenvalue weighted by Gasteiger charge is 2.33. The number of hydrogen-bond acceptors (Lipinski definition) is 2. The predicted molar refractivity (Wildman–Crippen MR) is 75.0 cm³/mol. The molecule has 0 radical (unpaired) electrons. The van der Waals surface area contributed by atoms with E-state index in [-0.39, 0.29) is 11.3 Å². The lowest BCUT2D eigenvalue weighted by Gasteiger charge is -2.19. The molecule has 0 aliphatic rings. The molecule has 0 atom stereocenters. The van der Waals surface area contributed by atoms with Gasteiger partial charge >= 0.3 is 5.92 Å². The van der Waals surface area contributed by atoms with Gasteiger partial charge in [-0.05, 0) is 13.1 Å². The molecule has 1 N–H and O–H groups in total. The van der Waals surface area contributed by atoms with Crippen molar-refractivity contribution in [1.82, 2.24) is 5.32 Å². The molecule has 0 aliphatic carbocycles. The molecule has 0 aliphatic heterocycles. The maximum Gasteiger partial charge on any atom is 0.306 e. The second-order valence-electron chi connectivity index (χ2n) is 4.62. The highest BCUT2D eigenvalue weighted by atomic mass is 19.3. The van der Waals surface area contributed by atoms with E-state index in [1.165, 1.54) is 36.4 Å². The van der Waals surface area contributed by atoms with Gasteiger partial charge in [-0.1, -0.05) is 42.5 Å². The summed E-state index contributed by atoms with van der Waals surface area (Å²) in [4.78, 5) is 0. The Morgan fingerprint density at radius 3 is 2.43 bits per heavy atom. The molecular weight excluding hydrogens is 279 g/mol. The van der Waals surface area contributed by atoms with Crippen LogP contribution in [0, 0.1) is 5.82 Å². The summed E-state index contributed by atoms with van der Waals surface area (Å²) < 4.78 is 46.9. The number of benzene rings is 2. The second kappa shape index (κ2) is 6.63. The van der Waals surface area contributed by atoms with Crippen molar-refractivity contribution in [2.75, 3.05) is 13.7 Å². The van der Waals surface area contributed by atoms with Crippen LogP contribution in [-0.4, -0.2) is 13.7 Å². The Morgan fingerprint density at radius 1 is 1.05 bits per heavy atom. The fourth-order valence-corrected chi connectivity index (χ4v) is 1.97. The number of ether oxygens (including phenoxy) is 1. The minimum absolute atomic E-state index is 0.137. The molecule has 21 heavy (non-hydrogen) atoms. The highest BCUT2D eigenvalue weighted by Crippen LogP contribution is 2.30. The van der Waals surface area contributed by atoms with Gasteiger partial charge in [0.05, 0.1) is 0 Å². The van der Waals surface area contributed by atoms with Crippen LogP contribution in [0.2, 0.25) is 0 Å². The molecule has 0 amide bonds. The van der Waals surface area contributed by atoms with Gasteiger partial charge in [0.25, 0.3) is 0 Å². The van der Waals surface area contributed by atoms with Crippen LogP contribution in [0.3, 0.4) is 0 Å². The first-order valence-electron chi connectivity index (χ1n) is 6.53. The summed E-state index contributed by atoms with van der Waals surface area (Å²) in [6, 6.07) is 11.7. The standard InChI is InChI=1S/C16H16F3NO/c1-20-10-12-6-5-9-14(17)15(12)21-11-16(18,19)13-7-3-2-4-8-13/h2-9,20H,10-11H2,1H3. The van der Waals surface area contributed by atoms with E-state index in [9.17, 15) is 13.2 Å². The fraction of sp³-hybridized carbons (Fsp3) is 0.250. The average molecular weight is 295 g/mol. The number of para-hydroxylation sites is 1. The molecule has 0 fully saturated rings. The van der Waals surface area contributed by atoms with E-state index in [1.807, 2.05) is 0 Å². The number of hydrogen-bond donors (Lipinski definition) is 1. The summed E-state index contributed by atoms with van der Waals surface area (Å²) in [5, 5.41) is 2.85. The lowest BCUT2D eigenvalue weighted by Crippen LogP contribution is -2.24. The Bertz CT molecular complexity index is 587. The monoisotopic (exact) mass is 295 g/mol. The molecule has 2 rings (SSSR count). The minimum Gasteiger partial charge on any atom is -0.483 e. The largest absolute Gasteiger partial charge is 0.483 e. The number of rotatable bonds is 6. The van der Waals surface area contributed by atoms with Crippen LogP contribution in [0.25, 0.3) is 0 Å². The lowest BCUT2D eigenvalue weighted by atomic mass is 10.1. The molecule has 112 valence electrons. The normalized spacial score (nSPS) is 11.4. The maximum absolute atomic E-state index is 14.0. The van der Waals surface area contributed by atoms with Gasteiger partial charge in [0.15, 0.2) is 18.2 Å². The smallest absolute Gasteiger partial charge is 0.306 e. The van der Waals surface area contributed by atoms with E-state index < -0.39 is 18.3 Å². The predicted octanol–water partition coefficient (Wildman–Crippen LogP) is 3.72. The zero-order valence-corrected chi connectivity index (χ0v) is 11.6. The van der Waals surface area contributed by atoms with E-state index in [1.54, 1.807) is 19.2 Å². The third-order valence-corrected chi connectivity index (χ3v) is 3.01. The number of nitrogens with one attached hydrogen (secondary N) is 1. The molecule has 0 spiro atoms. The highest BCUT2D eigenvalue weighted by molar-refractivity contribution is 5.35. The van der Waals surface area contributed by atoms with Crippen molar-refractivity contribution in [2.24, 2.45) is 0 Å². The molecule has 5 heteroatoms. The summed E-state index contributed by atoms with van der Waals surface area (Å²) in [5.74, 6) is -3.96. The van der Waals surface area contributed by atoms with Gasteiger partial charge in [0.1, 0.15) is 0 Å². The Hall–Kier alpha value is -2.01.